The molecule has 2 rings (SSSR count). The van der Waals surface area contributed by atoms with E-state index in [1.807, 2.05) is 32.0 Å². The Labute approximate surface area is 132 Å². The minimum Gasteiger partial charge on any atom is -0.381 e. The number of amides is 1. The number of anilines is 1. The molecule has 0 saturated carbocycles. The van der Waals surface area contributed by atoms with Gasteiger partial charge in [0.15, 0.2) is 0 Å². The Hall–Kier alpha value is -2.36. The zero-order chi connectivity index (χ0) is 15.9. The summed E-state index contributed by atoms with van der Waals surface area (Å²) >= 11 is 0. The SMILES string of the molecule is CCC(C)NC(=O)c1cc(NCc2ccccc2C)ccn1. The maximum Gasteiger partial charge on any atom is 0.270 e. The number of carbonyl (C=O) groups is 1. The van der Waals surface area contributed by atoms with Crippen molar-refractivity contribution in [2.75, 3.05) is 5.32 Å². The summed E-state index contributed by atoms with van der Waals surface area (Å²) in [5, 5.41) is 6.27. The highest BCUT2D eigenvalue weighted by molar-refractivity contribution is 5.93. The number of aromatic nitrogens is 1. The Balaban J connectivity index is 2.02. The molecule has 0 spiro atoms. The molecule has 0 saturated heterocycles. The van der Waals surface area contributed by atoms with E-state index >= 15 is 0 Å². The Morgan fingerprint density at radius 2 is 2.05 bits per heavy atom. The number of nitrogens with zero attached hydrogens (tertiary/aromatic N) is 1. The highest BCUT2D eigenvalue weighted by Crippen LogP contribution is 2.13. The van der Waals surface area contributed by atoms with E-state index in [0.29, 0.717) is 5.69 Å². The summed E-state index contributed by atoms with van der Waals surface area (Å²) in [5.74, 6) is -0.131. The van der Waals surface area contributed by atoms with Crippen molar-refractivity contribution in [3.8, 4) is 0 Å². The maximum absolute atomic E-state index is 12.1. The van der Waals surface area contributed by atoms with E-state index in [1.54, 1.807) is 12.3 Å². The van der Waals surface area contributed by atoms with E-state index in [1.165, 1.54) is 11.1 Å². The molecule has 2 N–H and O–H groups in total. The molecular formula is C18H23N3O. The lowest BCUT2D eigenvalue weighted by atomic mass is 10.1. The van der Waals surface area contributed by atoms with Crippen molar-refractivity contribution in [3.05, 3.63) is 59.4 Å². The summed E-state index contributed by atoms with van der Waals surface area (Å²) in [6.45, 7) is 6.84. The molecule has 0 aliphatic heterocycles. The van der Waals surface area contributed by atoms with Gasteiger partial charge in [0.2, 0.25) is 0 Å². The summed E-state index contributed by atoms with van der Waals surface area (Å²) in [6.07, 6.45) is 2.56. The van der Waals surface area contributed by atoms with Gasteiger partial charge in [0.1, 0.15) is 5.69 Å². The van der Waals surface area contributed by atoms with Crippen molar-refractivity contribution < 1.29 is 4.79 Å². The minimum absolute atomic E-state index is 0.131. The van der Waals surface area contributed by atoms with E-state index < -0.39 is 0 Å². The fourth-order valence-electron chi connectivity index (χ4n) is 2.07. The van der Waals surface area contributed by atoms with Crippen molar-refractivity contribution >= 4 is 11.6 Å². The number of nitrogens with one attached hydrogen (secondary N) is 2. The van der Waals surface area contributed by atoms with Crippen molar-refractivity contribution in [2.45, 2.75) is 39.8 Å². The second-order valence-corrected chi connectivity index (χ2v) is 5.49. The zero-order valence-electron chi connectivity index (χ0n) is 13.4. The van der Waals surface area contributed by atoms with Gasteiger partial charge in [0.25, 0.3) is 5.91 Å². The highest BCUT2D eigenvalue weighted by Gasteiger charge is 2.10. The molecule has 0 fully saturated rings. The van der Waals surface area contributed by atoms with Gasteiger partial charge in [-0.15, -0.1) is 0 Å². The average Bonchev–Trinajstić information content (AvgIpc) is 2.54. The first-order chi connectivity index (χ1) is 10.6. The molecule has 2 aromatic rings. The van der Waals surface area contributed by atoms with Gasteiger partial charge >= 0.3 is 0 Å². The lowest BCUT2D eigenvalue weighted by molar-refractivity contribution is 0.0934. The van der Waals surface area contributed by atoms with Gasteiger partial charge in [0, 0.05) is 24.5 Å². The van der Waals surface area contributed by atoms with Crippen LogP contribution in [0.1, 0.15) is 41.9 Å². The van der Waals surface area contributed by atoms with Crippen molar-refractivity contribution in [3.63, 3.8) is 0 Å². The fourth-order valence-corrected chi connectivity index (χ4v) is 2.07. The maximum atomic E-state index is 12.1. The molecule has 1 heterocycles. The topological polar surface area (TPSA) is 54.0 Å². The van der Waals surface area contributed by atoms with Gasteiger partial charge < -0.3 is 10.6 Å². The largest absolute Gasteiger partial charge is 0.381 e. The van der Waals surface area contributed by atoms with Gasteiger partial charge in [-0.3, -0.25) is 9.78 Å². The Morgan fingerprint density at radius 3 is 2.77 bits per heavy atom. The number of aryl methyl sites for hydroxylation is 1. The van der Waals surface area contributed by atoms with Crippen LogP contribution in [0, 0.1) is 6.92 Å². The van der Waals surface area contributed by atoms with E-state index in [0.717, 1.165) is 18.7 Å². The molecule has 0 aliphatic carbocycles. The summed E-state index contributed by atoms with van der Waals surface area (Å²) in [6, 6.07) is 12.1. The average molecular weight is 297 g/mol. The van der Waals surface area contributed by atoms with Crippen LogP contribution in [0.25, 0.3) is 0 Å². The van der Waals surface area contributed by atoms with Gasteiger partial charge in [-0.2, -0.15) is 0 Å². The Bertz CT molecular complexity index is 640. The normalized spacial score (nSPS) is 11.8. The standard InChI is InChI=1S/C18H23N3O/c1-4-14(3)21-18(22)17-11-16(9-10-19-17)20-12-15-8-6-5-7-13(15)2/h5-11,14H,4,12H2,1-3H3,(H,19,20)(H,21,22). The van der Waals surface area contributed by atoms with Gasteiger partial charge in [0.05, 0.1) is 0 Å². The number of carbonyl (C=O) groups excluding carboxylic acids is 1. The van der Waals surface area contributed by atoms with Gasteiger partial charge in [-0.05, 0) is 43.5 Å². The van der Waals surface area contributed by atoms with Gasteiger partial charge in [-0.1, -0.05) is 31.2 Å². The quantitative estimate of drug-likeness (QED) is 0.857. The van der Waals surface area contributed by atoms with Crippen LogP contribution in [0.15, 0.2) is 42.6 Å². The molecule has 1 aromatic carbocycles. The molecule has 1 amide bonds. The predicted octanol–water partition coefficient (Wildman–Crippen LogP) is 3.53. The van der Waals surface area contributed by atoms with Crippen LogP contribution in [0.4, 0.5) is 5.69 Å². The lowest BCUT2D eigenvalue weighted by Gasteiger charge is -2.12. The monoisotopic (exact) mass is 297 g/mol. The first-order valence-electron chi connectivity index (χ1n) is 7.65. The van der Waals surface area contributed by atoms with Crippen LogP contribution in [0.3, 0.4) is 0 Å². The zero-order valence-corrected chi connectivity index (χ0v) is 13.4. The van der Waals surface area contributed by atoms with Crippen LogP contribution in [-0.4, -0.2) is 16.9 Å². The van der Waals surface area contributed by atoms with Crippen LogP contribution in [-0.2, 0) is 6.54 Å². The molecule has 4 heteroatoms. The molecule has 0 aliphatic rings. The molecule has 4 nitrogen and oxygen atoms in total. The van der Waals surface area contributed by atoms with Crippen LogP contribution >= 0.6 is 0 Å². The smallest absolute Gasteiger partial charge is 0.270 e. The van der Waals surface area contributed by atoms with E-state index in [-0.39, 0.29) is 11.9 Å². The van der Waals surface area contributed by atoms with Gasteiger partial charge in [-0.25, -0.2) is 0 Å². The Kier molecular flexibility index (Phi) is 5.53. The molecule has 1 atom stereocenters. The molecule has 0 radical (unpaired) electrons. The fraction of sp³-hybridized carbons (Fsp3) is 0.333. The van der Waals surface area contributed by atoms with E-state index in [2.05, 4.69) is 34.7 Å². The highest BCUT2D eigenvalue weighted by atomic mass is 16.1. The second-order valence-electron chi connectivity index (χ2n) is 5.49. The Morgan fingerprint density at radius 1 is 1.27 bits per heavy atom. The molecular weight excluding hydrogens is 274 g/mol. The number of rotatable bonds is 6. The van der Waals surface area contributed by atoms with Crippen molar-refractivity contribution in [2.24, 2.45) is 0 Å². The lowest BCUT2D eigenvalue weighted by Crippen LogP contribution is -2.32. The first kappa shape index (κ1) is 16.0. The van der Waals surface area contributed by atoms with Crippen molar-refractivity contribution in [1.82, 2.24) is 10.3 Å². The summed E-state index contributed by atoms with van der Waals surface area (Å²) < 4.78 is 0. The minimum atomic E-state index is -0.131. The predicted molar refractivity (Wildman–Crippen MR) is 90.0 cm³/mol. The molecule has 0 bridgehead atoms. The third kappa shape index (κ3) is 4.32. The third-order valence-electron chi connectivity index (χ3n) is 3.73. The molecule has 1 aromatic heterocycles. The third-order valence-corrected chi connectivity index (χ3v) is 3.73. The van der Waals surface area contributed by atoms with E-state index in [9.17, 15) is 4.79 Å². The van der Waals surface area contributed by atoms with Crippen LogP contribution in [0.2, 0.25) is 0 Å². The number of hydrogen-bond donors (Lipinski definition) is 2. The van der Waals surface area contributed by atoms with E-state index in [4.69, 9.17) is 0 Å². The summed E-state index contributed by atoms with van der Waals surface area (Å²) in [5.41, 5.74) is 3.83. The number of hydrogen-bond acceptors (Lipinski definition) is 3. The number of benzene rings is 1. The summed E-state index contributed by atoms with van der Waals surface area (Å²) in [4.78, 5) is 16.2. The second kappa shape index (κ2) is 7.59. The van der Waals surface area contributed by atoms with Crippen LogP contribution in [0.5, 0.6) is 0 Å². The summed E-state index contributed by atoms with van der Waals surface area (Å²) in [7, 11) is 0. The first-order valence-corrected chi connectivity index (χ1v) is 7.65. The molecule has 1 unspecified atom stereocenters. The molecule has 22 heavy (non-hydrogen) atoms. The van der Waals surface area contributed by atoms with Crippen LogP contribution < -0.4 is 10.6 Å². The molecule has 116 valence electrons. The van der Waals surface area contributed by atoms with Crippen molar-refractivity contribution in [1.29, 1.82) is 0 Å². The number of pyridine rings is 1.